The molecular weight excluding hydrogens is 419 g/mol. The van der Waals surface area contributed by atoms with Crippen molar-refractivity contribution < 1.29 is 13.9 Å². The molecule has 0 aliphatic rings. The number of rotatable bonds is 8. The fraction of sp³-hybridized carbons (Fsp3) is 0.136. The lowest BCUT2D eigenvalue weighted by Gasteiger charge is -2.19. The first kappa shape index (κ1) is 22.6. The van der Waals surface area contributed by atoms with Crippen molar-refractivity contribution in [2.45, 2.75) is 11.8 Å². The van der Waals surface area contributed by atoms with E-state index >= 15 is 0 Å². The number of alkyl halides is 2. The summed E-state index contributed by atoms with van der Waals surface area (Å²) >= 11 is 0. The van der Waals surface area contributed by atoms with Gasteiger partial charge in [0.25, 0.3) is 5.66 Å². The van der Waals surface area contributed by atoms with Crippen LogP contribution < -0.4 is 16.9 Å². The quantitative estimate of drug-likeness (QED) is 0.139. The second-order valence-corrected chi connectivity index (χ2v) is 7.63. The van der Waals surface area contributed by atoms with Gasteiger partial charge in [-0.2, -0.15) is 8.78 Å². The summed E-state index contributed by atoms with van der Waals surface area (Å²) < 4.78 is 26.8. The molecule has 6 N–H and O–H groups in total. The maximum absolute atomic E-state index is 13.4. The van der Waals surface area contributed by atoms with E-state index in [4.69, 9.17) is 11.6 Å². The average molecular weight is 443 g/mol. The number of amidine groups is 1. The number of hydrogen-bond acceptors (Lipinski definition) is 5. The van der Waals surface area contributed by atoms with Crippen molar-refractivity contribution in [1.82, 2.24) is 5.12 Å². The molecule has 0 fully saturated rings. The molecule has 2 unspecified atom stereocenters. The van der Waals surface area contributed by atoms with Gasteiger partial charge in [0.15, 0.2) is 5.84 Å². The lowest BCUT2D eigenvalue weighted by molar-refractivity contribution is 0.104. The van der Waals surface area contributed by atoms with Gasteiger partial charge in [0.1, 0.15) is 0 Å². The highest BCUT2D eigenvalue weighted by Crippen LogP contribution is 2.35. The molecule has 0 spiro atoms. The summed E-state index contributed by atoms with van der Waals surface area (Å²) in [6.07, 6.45) is -0.829. The Labute approximate surface area is 181 Å². The van der Waals surface area contributed by atoms with E-state index in [2.05, 4.69) is 10.4 Å². The molecule has 2 atom stereocenters. The second kappa shape index (κ2) is 9.83. The van der Waals surface area contributed by atoms with E-state index in [0.29, 0.717) is 22.5 Å². The van der Waals surface area contributed by atoms with Crippen molar-refractivity contribution in [3.05, 3.63) is 95.6 Å². The van der Waals surface area contributed by atoms with Crippen molar-refractivity contribution in [3.63, 3.8) is 0 Å². The molecule has 3 rings (SSSR count). The molecule has 0 aromatic heterocycles. The van der Waals surface area contributed by atoms with Crippen molar-refractivity contribution >= 4 is 26.5 Å². The standard InChI is InChI=1S/C22H24F2N5OP/c23-22(24,31)16-10-12-17(13-11-16)27-19-9-5-4-8-18(19)21(25)28-29(26)14-20(30)15-6-2-1-3-7-15/h1-13,20,27,30H,14,26,31H2,(H2,25,28). The lowest BCUT2D eigenvalue weighted by Crippen LogP contribution is -2.33. The predicted octanol–water partition coefficient (Wildman–Crippen LogP) is 3.88. The zero-order valence-electron chi connectivity index (χ0n) is 16.6. The molecule has 31 heavy (non-hydrogen) atoms. The number of hydrogen-bond donors (Lipinski definition) is 4. The Kier molecular flexibility index (Phi) is 7.17. The van der Waals surface area contributed by atoms with Crippen LogP contribution in [0.1, 0.15) is 22.8 Å². The van der Waals surface area contributed by atoms with Crippen molar-refractivity contribution in [2.75, 3.05) is 11.9 Å². The van der Waals surface area contributed by atoms with Gasteiger partial charge in [-0.05, 0) is 29.8 Å². The van der Waals surface area contributed by atoms with Crippen LogP contribution in [0.4, 0.5) is 20.2 Å². The van der Waals surface area contributed by atoms with Crippen LogP contribution in [-0.4, -0.2) is 22.6 Å². The molecule has 0 amide bonds. The molecule has 0 heterocycles. The topological polar surface area (TPSA) is 99.9 Å². The first-order valence-electron chi connectivity index (χ1n) is 9.47. The first-order chi connectivity index (χ1) is 14.7. The molecule has 0 aliphatic heterocycles. The van der Waals surface area contributed by atoms with Gasteiger partial charge in [0, 0.05) is 22.5 Å². The molecule has 6 nitrogen and oxygen atoms in total. The monoisotopic (exact) mass is 443 g/mol. The molecule has 0 saturated heterocycles. The fourth-order valence-electron chi connectivity index (χ4n) is 2.94. The minimum Gasteiger partial charge on any atom is -0.386 e. The first-order valence-corrected chi connectivity index (χ1v) is 10.0. The van der Waals surface area contributed by atoms with Crippen LogP contribution in [0.15, 0.2) is 84.0 Å². The lowest BCUT2D eigenvalue weighted by atomic mass is 10.1. The second-order valence-electron chi connectivity index (χ2n) is 6.90. The number of anilines is 2. The predicted molar refractivity (Wildman–Crippen MR) is 123 cm³/mol. The Morgan fingerprint density at radius 3 is 2.29 bits per heavy atom. The summed E-state index contributed by atoms with van der Waals surface area (Å²) in [6, 6.07) is 22.1. The van der Waals surface area contributed by atoms with E-state index in [9.17, 15) is 13.9 Å². The number of nitrogens with zero attached hydrogens (tertiary/aromatic N) is 2. The van der Waals surface area contributed by atoms with E-state index in [1.807, 2.05) is 24.3 Å². The summed E-state index contributed by atoms with van der Waals surface area (Å²) in [6.45, 7) is 0.0466. The van der Waals surface area contributed by atoms with Gasteiger partial charge in [-0.3, -0.25) is 0 Å². The Balaban J connectivity index is 1.74. The van der Waals surface area contributed by atoms with E-state index in [1.54, 1.807) is 42.5 Å². The smallest absolute Gasteiger partial charge is 0.283 e. The number of nitrogens with two attached hydrogens (primary N) is 2. The molecule has 0 aliphatic carbocycles. The van der Waals surface area contributed by atoms with Crippen molar-refractivity contribution in [2.24, 2.45) is 16.7 Å². The minimum atomic E-state index is -2.98. The highest BCUT2D eigenvalue weighted by molar-refractivity contribution is 7.17. The van der Waals surface area contributed by atoms with Crippen molar-refractivity contribution in [3.8, 4) is 0 Å². The summed E-state index contributed by atoms with van der Waals surface area (Å²) in [4.78, 5) is 0. The van der Waals surface area contributed by atoms with E-state index < -0.39 is 11.8 Å². The third-order valence-electron chi connectivity index (χ3n) is 4.53. The van der Waals surface area contributed by atoms with Gasteiger partial charge in [-0.15, -0.1) is 5.10 Å². The summed E-state index contributed by atoms with van der Waals surface area (Å²) in [5.74, 6) is 6.06. The van der Waals surface area contributed by atoms with Crippen molar-refractivity contribution in [1.29, 1.82) is 0 Å². The maximum Gasteiger partial charge on any atom is 0.283 e. The Hall–Kier alpha value is -3.06. The van der Waals surface area contributed by atoms with Crippen LogP contribution in [-0.2, 0) is 5.66 Å². The Morgan fingerprint density at radius 2 is 1.65 bits per heavy atom. The van der Waals surface area contributed by atoms with E-state index in [-0.39, 0.29) is 17.9 Å². The van der Waals surface area contributed by atoms with Gasteiger partial charge < -0.3 is 16.2 Å². The SMILES string of the molecule is N/C(=N\N(N)CC(O)c1ccccc1)c1ccccc1Nc1ccc(C(F)(F)P)cc1. The third kappa shape index (κ3) is 6.21. The number of nitrogens with one attached hydrogen (secondary N) is 1. The molecule has 162 valence electrons. The number of benzene rings is 3. The molecule has 0 radical (unpaired) electrons. The normalized spacial score (nSPS) is 13.0. The van der Waals surface area contributed by atoms with Gasteiger partial charge in [0.05, 0.1) is 12.6 Å². The average Bonchev–Trinajstić information content (AvgIpc) is 2.74. The number of hydrazine groups is 1. The maximum atomic E-state index is 13.4. The highest BCUT2D eigenvalue weighted by Gasteiger charge is 2.23. The molecule has 3 aromatic rings. The van der Waals surface area contributed by atoms with E-state index in [0.717, 1.165) is 5.12 Å². The van der Waals surface area contributed by atoms with Gasteiger partial charge >= 0.3 is 0 Å². The molecule has 0 bridgehead atoms. The summed E-state index contributed by atoms with van der Waals surface area (Å²) in [5, 5.41) is 18.7. The van der Waals surface area contributed by atoms with Crippen LogP contribution in [0.5, 0.6) is 0 Å². The fourth-order valence-corrected chi connectivity index (χ4v) is 3.13. The van der Waals surface area contributed by atoms with Crippen LogP contribution in [0.2, 0.25) is 0 Å². The molecule has 0 saturated carbocycles. The third-order valence-corrected chi connectivity index (χ3v) is 4.87. The molecule has 3 aromatic carbocycles. The number of aliphatic hydroxyl groups is 1. The number of aliphatic hydroxyl groups excluding tert-OH is 1. The zero-order chi connectivity index (χ0) is 22.4. The minimum absolute atomic E-state index is 0.0466. The zero-order valence-corrected chi connectivity index (χ0v) is 17.8. The number of para-hydroxylation sites is 1. The molecule has 9 heteroatoms. The Morgan fingerprint density at radius 1 is 1.03 bits per heavy atom. The highest BCUT2D eigenvalue weighted by atomic mass is 31.0. The van der Waals surface area contributed by atoms with Crippen LogP contribution in [0, 0.1) is 0 Å². The van der Waals surface area contributed by atoms with Gasteiger partial charge in [-0.25, -0.2) is 11.0 Å². The van der Waals surface area contributed by atoms with Gasteiger partial charge in [-0.1, -0.05) is 63.8 Å². The van der Waals surface area contributed by atoms with Crippen LogP contribution >= 0.6 is 9.24 Å². The Bertz CT molecular complexity index is 1030. The summed E-state index contributed by atoms with van der Waals surface area (Å²) in [5.41, 5.74) is 5.60. The largest absolute Gasteiger partial charge is 0.386 e. The number of halogens is 2. The van der Waals surface area contributed by atoms with Gasteiger partial charge in [0.2, 0.25) is 0 Å². The van der Waals surface area contributed by atoms with Crippen LogP contribution in [0.25, 0.3) is 0 Å². The van der Waals surface area contributed by atoms with Crippen LogP contribution in [0.3, 0.4) is 0 Å². The molecular formula is C22H24F2N5OP. The summed E-state index contributed by atoms with van der Waals surface area (Å²) in [7, 11) is 1.52. The number of hydrazone groups is 1. The van der Waals surface area contributed by atoms with E-state index in [1.165, 1.54) is 21.4 Å².